The lowest BCUT2D eigenvalue weighted by molar-refractivity contribution is -0.137. The van der Waals surface area contributed by atoms with E-state index in [0.717, 1.165) is 32.8 Å². The summed E-state index contributed by atoms with van der Waals surface area (Å²) in [6.45, 7) is 5.67. The van der Waals surface area contributed by atoms with E-state index in [1.165, 1.54) is 30.2 Å². The minimum absolute atomic E-state index is 0.109. The molecule has 0 spiro atoms. The lowest BCUT2D eigenvalue weighted by Gasteiger charge is -2.13. The Bertz CT molecular complexity index is 1000. The predicted octanol–water partition coefficient (Wildman–Crippen LogP) is 5.45. The number of rotatable bonds is 4. The van der Waals surface area contributed by atoms with E-state index >= 15 is 0 Å². The van der Waals surface area contributed by atoms with Gasteiger partial charge in [0.2, 0.25) is 5.91 Å². The van der Waals surface area contributed by atoms with E-state index in [-0.39, 0.29) is 5.69 Å². The van der Waals surface area contributed by atoms with Crippen LogP contribution in [0, 0.1) is 13.8 Å². The molecule has 3 aromatic rings. The van der Waals surface area contributed by atoms with E-state index in [2.05, 4.69) is 15.3 Å². The second-order valence-corrected chi connectivity index (χ2v) is 8.50. The highest BCUT2D eigenvalue weighted by atomic mass is 32.2. The van der Waals surface area contributed by atoms with Gasteiger partial charge in [-0.05, 0) is 44.5 Å². The van der Waals surface area contributed by atoms with Gasteiger partial charge in [0.05, 0.1) is 10.8 Å². The molecule has 0 saturated carbocycles. The van der Waals surface area contributed by atoms with E-state index in [1.807, 2.05) is 13.8 Å². The zero-order valence-corrected chi connectivity index (χ0v) is 16.4. The third-order valence-corrected chi connectivity index (χ3v) is 6.26. The molecular weight excluding hydrogens is 395 g/mol. The minimum Gasteiger partial charge on any atom is -0.325 e. The van der Waals surface area contributed by atoms with E-state index < -0.39 is 22.9 Å². The summed E-state index contributed by atoms with van der Waals surface area (Å²) in [6.07, 6.45) is -3.00. The lowest BCUT2D eigenvalue weighted by Crippen LogP contribution is -2.22. The second-order valence-electron chi connectivity index (χ2n) is 5.97. The van der Waals surface area contributed by atoms with Crippen molar-refractivity contribution in [2.45, 2.75) is 37.2 Å². The number of nitrogens with one attached hydrogen (secondary N) is 1. The lowest BCUT2D eigenvalue weighted by atomic mass is 10.2. The van der Waals surface area contributed by atoms with Crippen LogP contribution in [0.2, 0.25) is 0 Å². The molecule has 0 bridgehead atoms. The van der Waals surface area contributed by atoms with Gasteiger partial charge in [-0.1, -0.05) is 17.8 Å². The van der Waals surface area contributed by atoms with E-state index in [0.29, 0.717) is 5.03 Å². The van der Waals surface area contributed by atoms with Crippen LogP contribution in [0.15, 0.2) is 35.6 Å². The topological polar surface area (TPSA) is 54.9 Å². The quantitative estimate of drug-likeness (QED) is 0.458. The number of benzene rings is 1. The van der Waals surface area contributed by atoms with Crippen LogP contribution < -0.4 is 5.32 Å². The number of anilines is 1. The molecule has 0 aliphatic carbocycles. The number of halogens is 3. The molecule has 0 aliphatic rings. The van der Waals surface area contributed by atoms with E-state index in [9.17, 15) is 18.0 Å². The van der Waals surface area contributed by atoms with Gasteiger partial charge in [-0.15, -0.1) is 11.3 Å². The third-order valence-electron chi connectivity index (χ3n) is 4.05. The number of hydrogen-bond donors (Lipinski definition) is 1. The Kier molecular flexibility index (Phi) is 5.43. The van der Waals surface area contributed by atoms with Gasteiger partial charge in [-0.2, -0.15) is 13.2 Å². The number of aromatic nitrogens is 2. The molecule has 1 atom stereocenters. The molecule has 1 N–H and O–H groups in total. The predicted molar refractivity (Wildman–Crippen MR) is 102 cm³/mol. The highest BCUT2D eigenvalue weighted by Crippen LogP contribution is 2.36. The monoisotopic (exact) mass is 411 g/mol. The van der Waals surface area contributed by atoms with Crippen LogP contribution in [0.5, 0.6) is 0 Å². The summed E-state index contributed by atoms with van der Waals surface area (Å²) in [7, 11) is 0. The summed E-state index contributed by atoms with van der Waals surface area (Å²) < 4.78 is 38.4. The molecule has 2 heterocycles. The average Bonchev–Trinajstić information content (AvgIpc) is 2.89. The summed E-state index contributed by atoms with van der Waals surface area (Å²) in [6, 6.07) is 4.58. The summed E-state index contributed by atoms with van der Waals surface area (Å²) in [5.41, 5.74) is 0.378. The number of aryl methyl sites for hydroxylation is 2. The Morgan fingerprint density at radius 3 is 2.70 bits per heavy atom. The van der Waals surface area contributed by atoms with Crippen LogP contribution in [0.1, 0.15) is 22.9 Å². The second kappa shape index (κ2) is 7.47. The summed E-state index contributed by atoms with van der Waals surface area (Å²) in [5, 5.41) is 3.61. The van der Waals surface area contributed by atoms with Gasteiger partial charge in [0.1, 0.15) is 16.2 Å². The zero-order chi connectivity index (χ0) is 19.8. The fourth-order valence-electron chi connectivity index (χ4n) is 2.48. The largest absolute Gasteiger partial charge is 0.416 e. The van der Waals surface area contributed by atoms with Gasteiger partial charge in [0.25, 0.3) is 0 Å². The van der Waals surface area contributed by atoms with Crippen molar-refractivity contribution in [1.29, 1.82) is 0 Å². The smallest absolute Gasteiger partial charge is 0.325 e. The fraction of sp³-hybridized carbons (Fsp3) is 0.278. The van der Waals surface area contributed by atoms with E-state index in [1.54, 1.807) is 18.3 Å². The molecule has 27 heavy (non-hydrogen) atoms. The number of amides is 1. The molecule has 4 nitrogen and oxygen atoms in total. The van der Waals surface area contributed by atoms with Crippen molar-refractivity contribution in [3.8, 4) is 0 Å². The van der Waals surface area contributed by atoms with Gasteiger partial charge in [0.15, 0.2) is 0 Å². The molecule has 142 valence electrons. The normalized spacial score (nSPS) is 13.0. The van der Waals surface area contributed by atoms with Crippen molar-refractivity contribution in [3.05, 3.63) is 46.6 Å². The van der Waals surface area contributed by atoms with Gasteiger partial charge in [-0.25, -0.2) is 9.97 Å². The number of thioether (sulfide) groups is 1. The minimum atomic E-state index is -4.46. The van der Waals surface area contributed by atoms with E-state index in [4.69, 9.17) is 0 Å². The van der Waals surface area contributed by atoms with Gasteiger partial charge in [-0.3, -0.25) is 4.79 Å². The number of hydrogen-bond acceptors (Lipinski definition) is 5. The van der Waals surface area contributed by atoms with Crippen molar-refractivity contribution in [1.82, 2.24) is 9.97 Å². The van der Waals surface area contributed by atoms with Crippen molar-refractivity contribution in [3.63, 3.8) is 0 Å². The van der Waals surface area contributed by atoms with Gasteiger partial charge >= 0.3 is 6.18 Å². The van der Waals surface area contributed by atoms with Crippen LogP contribution in [-0.2, 0) is 11.0 Å². The average molecular weight is 411 g/mol. The molecule has 0 fully saturated rings. The van der Waals surface area contributed by atoms with Gasteiger partial charge in [0, 0.05) is 16.0 Å². The number of alkyl halides is 3. The van der Waals surface area contributed by atoms with Crippen LogP contribution in [0.3, 0.4) is 0 Å². The number of fused-ring (bicyclic) bond motifs is 1. The molecule has 2 aromatic heterocycles. The molecule has 0 radical (unpaired) electrons. The molecular formula is C18H16F3N3OS2. The summed E-state index contributed by atoms with van der Waals surface area (Å²) in [5.74, 6) is -0.393. The van der Waals surface area contributed by atoms with Crippen molar-refractivity contribution < 1.29 is 18.0 Å². The summed E-state index contributed by atoms with van der Waals surface area (Å²) in [4.78, 5) is 23.0. The first-order valence-electron chi connectivity index (χ1n) is 8.02. The van der Waals surface area contributed by atoms with Crippen LogP contribution in [-0.4, -0.2) is 21.1 Å². The van der Waals surface area contributed by atoms with Crippen molar-refractivity contribution in [2.24, 2.45) is 0 Å². The first-order valence-corrected chi connectivity index (χ1v) is 9.72. The molecule has 0 saturated heterocycles. The standard InChI is InChI=1S/C18H16F3N3OS2/c1-9-10(2)26-16-14(9)17(23-8-22-16)27-11(3)15(25)24-13-6-4-5-12(7-13)18(19,20)21/h4-8,11H,1-3H3,(H,24,25). The fourth-order valence-corrected chi connectivity index (χ4v) is 4.52. The van der Waals surface area contributed by atoms with Crippen molar-refractivity contribution >= 4 is 44.9 Å². The highest BCUT2D eigenvalue weighted by Gasteiger charge is 2.30. The molecule has 9 heteroatoms. The molecule has 1 amide bonds. The maximum Gasteiger partial charge on any atom is 0.416 e. The summed E-state index contributed by atoms with van der Waals surface area (Å²) >= 11 is 2.82. The zero-order valence-electron chi connectivity index (χ0n) is 14.7. The molecule has 1 aromatic carbocycles. The Hall–Kier alpha value is -2.13. The highest BCUT2D eigenvalue weighted by molar-refractivity contribution is 8.00. The Morgan fingerprint density at radius 2 is 2.00 bits per heavy atom. The SMILES string of the molecule is Cc1sc2ncnc(SC(C)C(=O)Nc3cccc(C(F)(F)F)c3)c2c1C. The number of nitrogens with zero attached hydrogens (tertiary/aromatic N) is 2. The van der Waals surface area contributed by atoms with Crippen molar-refractivity contribution in [2.75, 3.05) is 5.32 Å². The molecule has 1 unspecified atom stereocenters. The van der Waals surface area contributed by atoms with Crippen LogP contribution in [0.4, 0.5) is 18.9 Å². The maximum atomic E-state index is 12.8. The number of thiophene rings is 1. The maximum absolute atomic E-state index is 12.8. The van der Waals surface area contributed by atoms with Gasteiger partial charge < -0.3 is 5.32 Å². The van der Waals surface area contributed by atoms with Crippen LogP contribution in [0.25, 0.3) is 10.2 Å². The molecule has 0 aliphatic heterocycles. The number of carbonyl (C=O) groups excluding carboxylic acids is 1. The molecule has 3 rings (SSSR count). The van der Waals surface area contributed by atoms with Crippen LogP contribution >= 0.6 is 23.1 Å². The Labute approximate surface area is 162 Å². The third kappa shape index (κ3) is 4.24. The first-order chi connectivity index (χ1) is 12.7. The first kappa shape index (κ1) is 19.6. The number of carbonyl (C=O) groups is 1. The Morgan fingerprint density at radius 1 is 1.26 bits per heavy atom. The Balaban J connectivity index is 1.77.